The number of imidazole rings is 2. The fourth-order valence-corrected chi connectivity index (χ4v) is 2.37. The fourth-order valence-electron chi connectivity index (χ4n) is 1.96. The molecule has 0 aliphatic heterocycles. The summed E-state index contributed by atoms with van der Waals surface area (Å²) in [6.07, 6.45) is 6.80. The molecule has 2 aromatic rings. The lowest BCUT2D eigenvalue weighted by Crippen LogP contribution is -1.88. The van der Waals surface area contributed by atoms with Gasteiger partial charge in [0.1, 0.15) is 22.5 Å². The van der Waals surface area contributed by atoms with Gasteiger partial charge in [0.2, 0.25) is 0 Å². The largest absolute Gasteiger partial charge is 0.390 e. The van der Waals surface area contributed by atoms with Crippen molar-refractivity contribution in [1.82, 2.24) is 19.9 Å². The average Bonchev–Trinajstić information content (AvgIpc) is 3.13. The van der Waals surface area contributed by atoms with Crippen molar-refractivity contribution < 1.29 is 9.90 Å². The van der Waals surface area contributed by atoms with Crippen molar-refractivity contribution in [3.63, 3.8) is 0 Å². The highest BCUT2D eigenvalue weighted by atomic mass is 35.5. The van der Waals surface area contributed by atoms with Gasteiger partial charge in [-0.15, -0.1) is 0 Å². The van der Waals surface area contributed by atoms with E-state index in [9.17, 15) is 4.79 Å². The Labute approximate surface area is 152 Å². The second-order valence-corrected chi connectivity index (χ2v) is 6.05. The van der Waals surface area contributed by atoms with Crippen LogP contribution >= 0.6 is 23.2 Å². The summed E-state index contributed by atoms with van der Waals surface area (Å²) in [4.78, 5) is 24.3. The fraction of sp³-hybridized carbons (Fsp3) is 0.562. The van der Waals surface area contributed by atoms with Crippen LogP contribution < -0.4 is 0 Å². The Bertz CT molecular complexity index is 626. The minimum atomic E-state index is -0.0715. The number of unbranched alkanes of at least 4 members (excludes halogenated alkanes) is 2. The number of hydrogen-bond donors (Lipinski definition) is 3. The van der Waals surface area contributed by atoms with Gasteiger partial charge in [-0.1, -0.05) is 49.9 Å². The molecule has 0 unspecified atom stereocenters. The number of hydrogen-bond acceptors (Lipinski definition) is 4. The number of halogens is 2. The van der Waals surface area contributed by atoms with Gasteiger partial charge in [-0.25, -0.2) is 9.97 Å². The summed E-state index contributed by atoms with van der Waals surface area (Å²) >= 11 is 11.4. The number of aliphatic hydroxyl groups is 1. The molecule has 0 aliphatic carbocycles. The third-order valence-corrected chi connectivity index (χ3v) is 3.92. The van der Waals surface area contributed by atoms with Crippen LogP contribution in [0.3, 0.4) is 0 Å². The molecule has 134 valence electrons. The van der Waals surface area contributed by atoms with E-state index in [1.807, 2.05) is 0 Å². The maximum Gasteiger partial charge on any atom is 0.171 e. The highest BCUT2D eigenvalue weighted by Gasteiger charge is 2.06. The number of rotatable bonds is 8. The molecule has 0 radical (unpaired) electrons. The van der Waals surface area contributed by atoms with Gasteiger partial charge < -0.3 is 15.1 Å². The summed E-state index contributed by atoms with van der Waals surface area (Å²) in [6.45, 7) is 4.15. The zero-order chi connectivity index (χ0) is 17.9. The SMILES string of the molecule is CCCCc1nc(C=O)c(Cl)[nH]1.CCCCc1nc(Cl)c(CO)[nH]1. The first kappa shape index (κ1) is 20.7. The first-order chi connectivity index (χ1) is 11.5. The van der Waals surface area contributed by atoms with Crippen LogP contribution in [-0.4, -0.2) is 31.3 Å². The first-order valence-corrected chi connectivity index (χ1v) is 8.84. The Morgan fingerprint density at radius 1 is 1.04 bits per heavy atom. The van der Waals surface area contributed by atoms with Crippen molar-refractivity contribution in [2.75, 3.05) is 0 Å². The summed E-state index contributed by atoms with van der Waals surface area (Å²) in [7, 11) is 0. The van der Waals surface area contributed by atoms with Gasteiger partial charge in [0, 0.05) is 12.8 Å². The molecular formula is C16H24Cl2N4O2. The van der Waals surface area contributed by atoms with Crippen LogP contribution in [0.1, 0.15) is 67.4 Å². The van der Waals surface area contributed by atoms with Crippen LogP contribution in [0.2, 0.25) is 10.3 Å². The van der Waals surface area contributed by atoms with Crippen molar-refractivity contribution in [2.24, 2.45) is 0 Å². The molecule has 0 bridgehead atoms. The highest BCUT2D eigenvalue weighted by Crippen LogP contribution is 2.13. The molecule has 0 atom stereocenters. The van der Waals surface area contributed by atoms with Crippen LogP contribution in [0.15, 0.2) is 0 Å². The Kier molecular flexibility index (Phi) is 9.67. The molecule has 3 N–H and O–H groups in total. The molecule has 0 saturated heterocycles. The maximum absolute atomic E-state index is 10.3. The molecule has 2 heterocycles. The lowest BCUT2D eigenvalue weighted by atomic mass is 10.2. The Hall–Kier alpha value is -1.37. The number of aromatic amines is 2. The number of nitrogens with one attached hydrogen (secondary N) is 2. The number of carbonyl (C=O) groups excluding carboxylic acids is 1. The van der Waals surface area contributed by atoms with Gasteiger partial charge in [0.05, 0.1) is 12.3 Å². The van der Waals surface area contributed by atoms with E-state index in [0.717, 1.165) is 50.2 Å². The zero-order valence-corrected chi connectivity index (χ0v) is 15.5. The van der Waals surface area contributed by atoms with Crippen LogP contribution in [-0.2, 0) is 19.4 Å². The Morgan fingerprint density at radius 3 is 2.04 bits per heavy atom. The van der Waals surface area contributed by atoms with E-state index in [0.29, 0.717) is 28.0 Å². The minimum Gasteiger partial charge on any atom is -0.390 e. The van der Waals surface area contributed by atoms with E-state index >= 15 is 0 Å². The van der Waals surface area contributed by atoms with Gasteiger partial charge in [-0.05, 0) is 12.8 Å². The topological polar surface area (TPSA) is 94.7 Å². The molecule has 0 spiro atoms. The molecule has 2 rings (SSSR count). The zero-order valence-electron chi connectivity index (χ0n) is 14.0. The van der Waals surface area contributed by atoms with E-state index in [1.54, 1.807) is 0 Å². The summed E-state index contributed by atoms with van der Waals surface area (Å²) in [5.74, 6) is 1.66. The average molecular weight is 375 g/mol. The molecule has 24 heavy (non-hydrogen) atoms. The molecule has 0 fully saturated rings. The van der Waals surface area contributed by atoms with Crippen molar-refractivity contribution in [1.29, 1.82) is 0 Å². The number of aryl methyl sites for hydroxylation is 2. The summed E-state index contributed by atoms with van der Waals surface area (Å²) in [6, 6.07) is 0. The molecular weight excluding hydrogens is 351 g/mol. The quantitative estimate of drug-likeness (QED) is 0.605. The van der Waals surface area contributed by atoms with E-state index in [-0.39, 0.29) is 6.61 Å². The number of nitrogens with zero attached hydrogens (tertiary/aromatic N) is 2. The highest BCUT2D eigenvalue weighted by molar-refractivity contribution is 6.31. The smallest absolute Gasteiger partial charge is 0.171 e. The van der Waals surface area contributed by atoms with Crippen molar-refractivity contribution in [2.45, 2.75) is 59.0 Å². The van der Waals surface area contributed by atoms with Crippen molar-refractivity contribution in [3.05, 3.63) is 33.3 Å². The standard InChI is InChI=1S/C8H13ClN2O.C8H11ClN2O/c2*1-2-3-4-7-10-6(5-12)8(9)11-7/h12H,2-5H2,1H3,(H,10,11);5H,2-4H2,1H3,(H,10,11). The minimum absolute atomic E-state index is 0.0715. The van der Waals surface area contributed by atoms with Gasteiger partial charge in [-0.3, -0.25) is 4.79 Å². The first-order valence-electron chi connectivity index (χ1n) is 8.09. The lowest BCUT2D eigenvalue weighted by molar-refractivity contribution is 0.111. The van der Waals surface area contributed by atoms with Crippen LogP contribution in [0.4, 0.5) is 0 Å². The van der Waals surface area contributed by atoms with Gasteiger partial charge >= 0.3 is 0 Å². The lowest BCUT2D eigenvalue weighted by Gasteiger charge is -1.91. The van der Waals surface area contributed by atoms with Crippen LogP contribution in [0.25, 0.3) is 0 Å². The number of H-pyrrole nitrogens is 2. The Balaban J connectivity index is 0.000000240. The second-order valence-electron chi connectivity index (χ2n) is 5.32. The second kappa shape index (κ2) is 11.2. The van der Waals surface area contributed by atoms with Gasteiger partial charge in [-0.2, -0.15) is 0 Å². The van der Waals surface area contributed by atoms with E-state index in [2.05, 4.69) is 33.8 Å². The molecule has 0 aliphatic rings. The number of aromatic nitrogens is 4. The predicted octanol–water partition coefficient (Wildman–Crippen LogP) is 4.12. The van der Waals surface area contributed by atoms with Crippen LogP contribution in [0.5, 0.6) is 0 Å². The molecule has 6 nitrogen and oxygen atoms in total. The Morgan fingerprint density at radius 2 is 1.62 bits per heavy atom. The summed E-state index contributed by atoms with van der Waals surface area (Å²) in [5, 5.41) is 9.54. The molecule has 0 aromatic carbocycles. The van der Waals surface area contributed by atoms with Crippen molar-refractivity contribution in [3.8, 4) is 0 Å². The van der Waals surface area contributed by atoms with E-state index < -0.39 is 0 Å². The van der Waals surface area contributed by atoms with E-state index in [4.69, 9.17) is 28.3 Å². The molecule has 2 aromatic heterocycles. The van der Waals surface area contributed by atoms with Gasteiger partial charge in [0.15, 0.2) is 11.4 Å². The molecule has 0 amide bonds. The molecule has 8 heteroatoms. The predicted molar refractivity (Wildman–Crippen MR) is 95.7 cm³/mol. The third kappa shape index (κ3) is 6.63. The summed E-state index contributed by atoms with van der Waals surface area (Å²) < 4.78 is 0. The summed E-state index contributed by atoms with van der Waals surface area (Å²) in [5.41, 5.74) is 0.922. The third-order valence-electron chi connectivity index (χ3n) is 3.32. The normalized spacial score (nSPS) is 10.4. The van der Waals surface area contributed by atoms with Crippen LogP contribution in [0, 0.1) is 0 Å². The maximum atomic E-state index is 10.3. The molecule has 0 saturated carbocycles. The van der Waals surface area contributed by atoms with Crippen molar-refractivity contribution >= 4 is 29.5 Å². The number of aldehydes is 1. The number of aliphatic hydroxyl groups excluding tert-OH is 1. The number of carbonyl (C=O) groups is 1. The van der Waals surface area contributed by atoms with E-state index in [1.165, 1.54) is 0 Å². The van der Waals surface area contributed by atoms with Gasteiger partial charge in [0.25, 0.3) is 0 Å². The monoisotopic (exact) mass is 374 g/mol.